The second-order valence-electron chi connectivity index (χ2n) is 3.34. The lowest BCUT2D eigenvalue weighted by molar-refractivity contribution is 0.213. The van der Waals surface area contributed by atoms with Gasteiger partial charge in [-0.2, -0.15) is 0 Å². The van der Waals surface area contributed by atoms with Gasteiger partial charge in [0.15, 0.2) is 0 Å². The predicted molar refractivity (Wildman–Crippen MR) is 63.3 cm³/mol. The van der Waals surface area contributed by atoms with Crippen molar-refractivity contribution in [1.29, 1.82) is 0 Å². The Balaban J connectivity index is 3.86. The van der Waals surface area contributed by atoms with Crippen molar-refractivity contribution < 1.29 is 9.59 Å². The summed E-state index contributed by atoms with van der Waals surface area (Å²) in [6.45, 7) is 1.03. The first-order valence-corrected chi connectivity index (χ1v) is 5.03. The number of hydrogen-bond donors (Lipinski definition) is 2. The van der Waals surface area contributed by atoms with Crippen LogP contribution in [0.4, 0.5) is 9.59 Å². The summed E-state index contributed by atoms with van der Waals surface area (Å²) in [7, 11) is 6.57. The standard InChI is InChI=1S/C10H20N4O2/c1-11-9(15)13(3)7-5-6-8-14(4)10(16)12-2/h5-6H,7-8H2,1-4H3,(H,11,15)(H,12,16). The van der Waals surface area contributed by atoms with Gasteiger partial charge in [-0.15, -0.1) is 0 Å². The summed E-state index contributed by atoms with van der Waals surface area (Å²) >= 11 is 0. The highest BCUT2D eigenvalue weighted by molar-refractivity contribution is 5.74. The molecule has 6 nitrogen and oxygen atoms in total. The van der Waals surface area contributed by atoms with Crippen molar-refractivity contribution in [3.05, 3.63) is 12.2 Å². The molecule has 16 heavy (non-hydrogen) atoms. The van der Waals surface area contributed by atoms with Gasteiger partial charge in [0.25, 0.3) is 0 Å². The molecule has 0 aromatic heterocycles. The Hall–Kier alpha value is -1.72. The van der Waals surface area contributed by atoms with Gasteiger partial charge in [-0.05, 0) is 0 Å². The zero-order valence-corrected chi connectivity index (χ0v) is 10.3. The molecule has 0 aliphatic heterocycles. The minimum atomic E-state index is -0.135. The summed E-state index contributed by atoms with van der Waals surface area (Å²) in [6.07, 6.45) is 3.68. The molecule has 0 aromatic carbocycles. The third-order valence-electron chi connectivity index (χ3n) is 2.05. The Bertz CT molecular complexity index is 240. The fourth-order valence-corrected chi connectivity index (χ4v) is 1.01. The van der Waals surface area contributed by atoms with Gasteiger partial charge < -0.3 is 20.4 Å². The maximum atomic E-state index is 11.1. The van der Waals surface area contributed by atoms with Gasteiger partial charge in [-0.25, -0.2) is 9.59 Å². The number of nitrogens with zero attached hydrogens (tertiary/aromatic N) is 2. The number of rotatable bonds is 4. The van der Waals surface area contributed by atoms with Crippen molar-refractivity contribution in [2.45, 2.75) is 0 Å². The average molecular weight is 228 g/mol. The van der Waals surface area contributed by atoms with Crippen molar-refractivity contribution in [2.24, 2.45) is 0 Å². The molecule has 0 fully saturated rings. The number of carbonyl (C=O) groups is 2. The third kappa shape index (κ3) is 5.23. The van der Waals surface area contributed by atoms with Gasteiger partial charge in [0.2, 0.25) is 0 Å². The molecule has 0 aliphatic rings. The molecule has 0 aromatic rings. The van der Waals surface area contributed by atoms with Gasteiger partial charge in [-0.1, -0.05) is 12.2 Å². The minimum Gasteiger partial charge on any atom is -0.341 e. The highest BCUT2D eigenvalue weighted by Crippen LogP contribution is 1.88. The van der Waals surface area contributed by atoms with Crippen LogP contribution in [0.15, 0.2) is 12.2 Å². The maximum Gasteiger partial charge on any atom is 0.317 e. The Labute approximate surface area is 96.3 Å². The van der Waals surface area contributed by atoms with E-state index < -0.39 is 0 Å². The summed E-state index contributed by atoms with van der Waals surface area (Å²) in [5, 5.41) is 5.04. The lowest BCUT2D eigenvalue weighted by Crippen LogP contribution is -2.36. The normalized spacial score (nSPS) is 10.0. The molecule has 0 bridgehead atoms. The van der Waals surface area contributed by atoms with Crippen LogP contribution in [0.1, 0.15) is 0 Å². The van der Waals surface area contributed by atoms with Crippen LogP contribution >= 0.6 is 0 Å². The SMILES string of the molecule is CNC(=O)N(C)CC=CCN(C)C(=O)NC. The molecule has 0 unspecified atom stereocenters. The molecular weight excluding hydrogens is 208 g/mol. The minimum absolute atomic E-state index is 0.135. The zero-order valence-electron chi connectivity index (χ0n) is 10.3. The van der Waals surface area contributed by atoms with Crippen LogP contribution in [0.5, 0.6) is 0 Å². The molecule has 2 N–H and O–H groups in total. The fourth-order valence-electron chi connectivity index (χ4n) is 1.01. The topological polar surface area (TPSA) is 64.7 Å². The van der Waals surface area contributed by atoms with Gasteiger partial charge in [0.1, 0.15) is 0 Å². The highest BCUT2D eigenvalue weighted by atomic mass is 16.2. The predicted octanol–water partition coefficient (Wildman–Crippen LogP) is 0.0850. The van der Waals surface area contributed by atoms with E-state index >= 15 is 0 Å². The quantitative estimate of drug-likeness (QED) is 0.670. The molecule has 0 saturated carbocycles. The molecule has 0 spiro atoms. The summed E-state index contributed by atoms with van der Waals surface area (Å²) < 4.78 is 0. The lowest BCUT2D eigenvalue weighted by Gasteiger charge is -2.15. The van der Waals surface area contributed by atoms with Crippen LogP contribution in [-0.2, 0) is 0 Å². The number of amides is 4. The van der Waals surface area contributed by atoms with Crippen LogP contribution < -0.4 is 10.6 Å². The van der Waals surface area contributed by atoms with Gasteiger partial charge in [0.05, 0.1) is 0 Å². The van der Waals surface area contributed by atoms with Crippen molar-refractivity contribution in [1.82, 2.24) is 20.4 Å². The summed E-state index contributed by atoms with van der Waals surface area (Å²) in [5.74, 6) is 0. The van der Waals surface area contributed by atoms with E-state index in [2.05, 4.69) is 10.6 Å². The number of likely N-dealkylation sites (N-methyl/N-ethyl adjacent to an activating group) is 2. The fraction of sp³-hybridized carbons (Fsp3) is 0.600. The molecule has 0 rings (SSSR count). The second-order valence-corrected chi connectivity index (χ2v) is 3.34. The first-order valence-electron chi connectivity index (χ1n) is 5.03. The summed E-state index contributed by atoms with van der Waals surface area (Å²) in [4.78, 5) is 25.3. The van der Waals surface area contributed by atoms with Crippen molar-refractivity contribution in [3.8, 4) is 0 Å². The Kier molecular flexibility index (Phi) is 6.74. The van der Waals surface area contributed by atoms with Crippen LogP contribution in [0.2, 0.25) is 0 Å². The molecule has 0 radical (unpaired) electrons. The number of carbonyl (C=O) groups excluding carboxylic acids is 2. The Morgan fingerprint density at radius 3 is 1.50 bits per heavy atom. The molecule has 6 heteroatoms. The van der Waals surface area contributed by atoms with Crippen molar-refractivity contribution >= 4 is 12.1 Å². The maximum absolute atomic E-state index is 11.1. The van der Waals surface area contributed by atoms with E-state index in [0.717, 1.165) is 0 Å². The summed E-state index contributed by atoms with van der Waals surface area (Å²) in [6, 6.07) is -0.270. The molecule has 0 saturated heterocycles. The summed E-state index contributed by atoms with van der Waals surface area (Å²) in [5.41, 5.74) is 0. The van der Waals surface area contributed by atoms with Crippen LogP contribution in [0, 0.1) is 0 Å². The highest BCUT2D eigenvalue weighted by Gasteiger charge is 2.03. The number of hydrogen-bond acceptors (Lipinski definition) is 2. The van der Waals surface area contributed by atoms with Crippen molar-refractivity contribution in [3.63, 3.8) is 0 Å². The van der Waals surface area contributed by atoms with E-state index in [9.17, 15) is 9.59 Å². The number of nitrogens with one attached hydrogen (secondary N) is 2. The second kappa shape index (κ2) is 7.56. The van der Waals surface area contributed by atoms with Gasteiger partial charge in [0, 0.05) is 41.3 Å². The van der Waals surface area contributed by atoms with E-state index in [4.69, 9.17) is 0 Å². The first kappa shape index (κ1) is 14.3. The molecule has 0 aliphatic carbocycles. The van der Waals surface area contributed by atoms with Crippen molar-refractivity contribution in [2.75, 3.05) is 41.3 Å². The third-order valence-corrected chi connectivity index (χ3v) is 2.05. The van der Waals surface area contributed by atoms with Gasteiger partial charge >= 0.3 is 12.1 Å². The van der Waals surface area contributed by atoms with E-state index in [1.807, 2.05) is 12.2 Å². The molecular formula is C10H20N4O2. The first-order chi connectivity index (χ1) is 7.52. The van der Waals surface area contributed by atoms with Crippen LogP contribution in [0.25, 0.3) is 0 Å². The van der Waals surface area contributed by atoms with E-state index in [0.29, 0.717) is 13.1 Å². The molecule has 0 atom stereocenters. The average Bonchev–Trinajstić information content (AvgIpc) is 2.31. The largest absolute Gasteiger partial charge is 0.341 e. The Morgan fingerprint density at radius 1 is 0.938 bits per heavy atom. The van der Waals surface area contributed by atoms with Crippen LogP contribution in [-0.4, -0.2) is 63.1 Å². The smallest absolute Gasteiger partial charge is 0.317 e. The van der Waals surface area contributed by atoms with Crippen LogP contribution in [0.3, 0.4) is 0 Å². The molecule has 0 heterocycles. The Morgan fingerprint density at radius 2 is 1.25 bits per heavy atom. The van der Waals surface area contributed by atoms with E-state index in [1.165, 1.54) is 9.80 Å². The molecule has 4 amide bonds. The number of urea groups is 2. The lowest BCUT2D eigenvalue weighted by atomic mass is 10.4. The van der Waals surface area contributed by atoms with E-state index in [-0.39, 0.29) is 12.1 Å². The van der Waals surface area contributed by atoms with E-state index in [1.54, 1.807) is 28.2 Å². The zero-order chi connectivity index (χ0) is 12.6. The monoisotopic (exact) mass is 228 g/mol. The molecule has 92 valence electrons. The van der Waals surface area contributed by atoms with Gasteiger partial charge in [-0.3, -0.25) is 0 Å².